The monoisotopic (exact) mass is 476 g/mol. The number of aliphatic hydroxyl groups excluding tert-OH is 2. The van der Waals surface area contributed by atoms with Crippen molar-refractivity contribution in [3.05, 3.63) is 0 Å². The van der Waals surface area contributed by atoms with Crippen molar-refractivity contribution in [1.82, 2.24) is 0 Å². The van der Waals surface area contributed by atoms with Gasteiger partial charge in [0, 0.05) is 17.8 Å². The largest absolute Gasteiger partial charge is 0.393 e. The van der Waals surface area contributed by atoms with Crippen molar-refractivity contribution < 1.29 is 20.1 Å². The average Bonchev–Trinajstić information content (AvgIpc) is 3.07. The van der Waals surface area contributed by atoms with Crippen LogP contribution in [0.5, 0.6) is 0 Å². The normalized spacial score (nSPS) is 49.8. The number of hydrogen-bond acceptors (Lipinski definition) is 4. The molecule has 4 rings (SSSR count). The summed E-state index contributed by atoms with van der Waals surface area (Å²) in [6.45, 7) is 17.6. The van der Waals surface area contributed by atoms with Gasteiger partial charge in [-0.1, -0.05) is 61.3 Å². The Labute approximate surface area is 208 Å². The van der Waals surface area contributed by atoms with Gasteiger partial charge >= 0.3 is 0 Å². The Morgan fingerprint density at radius 1 is 1.03 bits per heavy atom. The highest BCUT2D eigenvalue weighted by atomic mass is 16.3. The summed E-state index contributed by atoms with van der Waals surface area (Å²) in [6, 6.07) is 0. The third kappa shape index (κ3) is 3.59. The van der Waals surface area contributed by atoms with Crippen LogP contribution in [0.2, 0.25) is 0 Å². The van der Waals surface area contributed by atoms with Crippen LogP contribution in [0.15, 0.2) is 0 Å². The van der Waals surface area contributed by atoms with E-state index < -0.39 is 23.2 Å². The zero-order chi connectivity index (χ0) is 25.5. The fourth-order valence-corrected chi connectivity index (χ4v) is 10.5. The molecule has 0 aromatic heterocycles. The summed E-state index contributed by atoms with van der Waals surface area (Å²) in [5, 5.41) is 35.1. The van der Waals surface area contributed by atoms with Crippen LogP contribution in [-0.4, -0.2) is 38.9 Å². The number of fused-ring (bicyclic) bond motifs is 5. The van der Waals surface area contributed by atoms with E-state index in [4.69, 9.17) is 0 Å². The van der Waals surface area contributed by atoms with Crippen molar-refractivity contribution in [2.45, 2.75) is 131 Å². The summed E-state index contributed by atoms with van der Waals surface area (Å²) in [4.78, 5) is 12.9. The fraction of sp³-hybridized carbons (Fsp3) is 0.967. The van der Waals surface area contributed by atoms with Gasteiger partial charge in [-0.05, 0) is 85.4 Å². The minimum Gasteiger partial charge on any atom is -0.393 e. The van der Waals surface area contributed by atoms with Crippen LogP contribution >= 0.6 is 0 Å². The number of aliphatic hydroxyl groups is 3. The number of carbonyl (C=O) groups is 1. The average molecular weight is 477 g/mol. The molecule has 4 aliphatic rings. The van der Waals surface area contributed by atoms with E-state index in [1.807, 2.05) is 20.8 Å². The Bertz CT molecular complexity index is 802. The number of rotatable bonds is 5. The summed E-state index contributed by atoms with van der Waals surface area (Å²) in [5.74, 6) is 1.24. The number of Topliss-reactive ketones (excluding diaryl/α,β-unsaturated/α-hetero) is 1. The molecule has 0 radical (unpaired) electrons. The number of carbonyl (C=O) groups excluding carboxylic acids is 1. The smallest absolute Gasteiger partial charge is 0.138 e. The second-order valence-electron chi connectivity index (χ2n) is 14.9. The van der Waals surface area contributed by atoms with Crippen molar-refractivity contribution in [1.29, 1.82) is 0 Å². The molecule has 3 N–H and O–H groups in total. The molecule has 0 saturated heterocycles. The first-order chi connectivity index (χ1) is 15.5. The molecule has 4 aliphatic carbocycles. The van der Waals surface area contributed by atoms with Crippen LogP contribution in [0, 0.1) is 51.2 Å². The highest BCUT2D eigenvalue weighted by molar-refractivity contribution is 5.85. The molecule has 0 spiro atoms. The molecule has 4 fully saturated rings. The molecule has 4 saturated carbocycles. The molecular weight excluding hydrogens is 424 g/mol. The fourth-order valence-electron chi connectivity index (χ4n) is 10.5. The molecule has 10 atom stereocenters. The minimum atomic E-state index is -0.777. The molecule has 0 aromatic rings. The topological polar surface area (TPSA) is 77.8 Å². The predicted molar refractivity (Wildman–Crippen MR) is 136 cm³/mol. The third-order valence-corrected chi connectivity index (χ3v) is 12.3. The zero-order valence-corrected chi connectivity index (χ0v) is 23.2. The van der Waals surface area contributed by atoms with Crippen molar-refractivity contribution in [3.8, 4) is 0 Å². The second-order valence-corrected chi connectivity index (χ2v) is 14.9. The molecule has 4 heteroatoms. The van der Waals surface area contributed by atoms with Crippen molar-refractivity contribution in [3.63, 3.8) is 0 Å². The molecule has 0 aliphatic heterocycles. The lowest BCUT2D eigenvalue weighted by Gasteiger charge is -2.70. The predicted octanol–water partition coefficient (Wildman–Crippen LogP) is 5.76. The van der Waals surface area contributed by atoms with Gasteiger partial charge < -0.3 is 15.3 Å². The molecule has 0 aromatic carbocycles. The summed E-state index contributed by atoms with van der Waals surface area (Å²) in [7, 11) is 0. The molecule has 0 bridgehead atoms. The van der Waals surface area contributed by atoms with Gasteiger partial charge in [-0.2, -0.15) is 0 Å². The molecular formula is C30H52O4. The van der Waals surface area contributed by atoms with Gasteiger partial charge in [0.1, 0.15) is 5.78 Å². The van der Waals surface area contributed by atoms with E-state index in [-0.39, 0.29) is 45.7 Å². The SMILES string of the molecule is CC(C)CCC[C@](C)(O)[C@H]1CC[C@]2(C)[C@@H]1C(O)C[C@@H]1[C@@]3(C)CCC(=O)C(C)(C)C3[C@@H](O)C[C@]12C. The minimum absolute atomic E-state index is 0.0494. The van der Waals surface area contributed by atoms with Crippen LogP contribution in [0.3, 0.4) is 0 Å². The maximum Gasteiger partial charge on any atom is 0.138 e. The van der Waals surface area contributed by atoms with Crippen LogP contribution < -0.4 is 0 Å². The third-order valence-electron chi connectivity index (χ3n) is 12.3. The molecule has 34 heavy (non-hydrogen) atoms. The van der Waals surface area contributed by atoms with E-state index in [0.717, 1.165) is 44.9 Å². The lowest BCUT2D eigenvalue weighted by atomic mass is 9.34. The molecule has 4 nitrogen and oxygen atoms in total. The first kappa shape index (κ1) is 26.6. The van der Waals surface area contributed by atoms with Gasteiger partial charge in [-0.3, -0.25) is 4.79 Å². The molecule has 0 amide bonds. The maximum absolute atomic E-state index is 12.9. The van der Waals surface area contributed by atoms with Gasteiger partial charge in [0.25, 0.3) is 0 Å². The van der Waals surface area contributed by atoms with Crippen molar-refractivity contribution in [2.24, 2.45) is 51.2 Å². The van der Waals surface area contributed by atoms with E-state index in [2.05, 4.69) is 34.6 Å². The summed E-state index contributed by atoms with van der Waals surface area (Å²) in [6.07, 6.45) is 6.69. The van der Waals surface area contributed by atoms with Crippen LogP contribution in [-0.2, 0) is 4.79 Å². The first-order valence-electron chi connectivity index (χ1n) is 14.1. The molecule has 0 heterocycles. The van der Waals surface area contributed by atoms with E-state index in [1.54, 1.807) is 0 Å². The lowest BCUT2D eigenvalue weighted by Crippen LogP contribution is -2.69. The standard InChI is InChI=1S/C30H52O4/c1-18(2)10-9-13-30(8,34)19-11-15-28(6)24(19)20(31)16-22-27(5)14-12-23(33)26(3,4)25(27)21(32)17-29(22,28)7/h18-22,24-25,31-32,34H,9-17H2,1-8H3/t19-,20?,21-,22+,24-,25?,27+,28+,29+,30-/m0/s1. The zero-order valence-electron chi connectivity index (χ0n) is 23.2. The van der Waals surface area contributed by atoms with Gasteiger partial charge in [0.2, 0.25) is 0 Å². The summed E-state index contributed by atoms with van der Waals surface area (Å²) in [5.41, 5.74) is -1.74. The summed E-state index contributed by atoms with van der Waals surface area (Å²) >= 11 is 0. The number of ketones is 1. The highest BCUT2D eigenvalue weighted by Gasteiger charge is 2.73. The van der Waals surface area contributed by atoms with Crippen molar-refractivity contribution in [2.75, 3.05) is 0 Å². The van der Waals surface area contributed by atoms with Gasteiger partial charge in [-0.15, -0.1) is 0 Å². The highest BCUT2D eigenvalue weighted by Crippen LogP contribution is 2.75. The maximum atomic E-state index is 12.9. The van der Waals surface area contributed by atoms with Crippen LogP contribution in [0.1, 0.15) is 113 Å². The van der Waals surface area contributed by atoms with E-state index >= 15 is 0 Å². The Morgan fingerprint density at radius 3 is 2.29 bits per heavy atom. The Balaban J connectivity index is 1.69. The summed E-state index contributed by atoms with van der Waals surface area (Å²) < 4.78 is 0. The first-order valence-corrected chi connectivity index (χ1v) is 14.1. The van der Waals surface area contributed by atoms with Crippen LogP contribution in [0.4, 0.5) is 0 Å². The van der Waals surface area contributed by atoms with Gasteiger partial charge in [0.05, 0.1) is 17.8 Å². The van der Waals surface area contributed by atoms with Gasteiger partial charge in [-0.25, -0.2) is 0 Å². The number of hydrogen-bond donors (Lipinski definition) is 3. The van der Waals surface area contributed by atoms with E-state index in [0.29, 0.717) is 18.8 Å². The lowest BCUT2D eigenvalue weighted by molar-refractivity contribution is -0.258. The Morgan fingerprint density at radius 2 is 1.68 bits per heavy atom. The second kappa shape index (κ2) is 8.28. The Hall–Kier alpha value is -0.450. The van der Waals surface area contributed by atoms with E-state index in [1.165, 1.54) is 0 Å². The van der Waals surface area contributed by atoms with Crippen molar-refractivity contribution >= 4 is 5.78 Å². The quantitative estimate of drug-likeness (QED) is 0.471. The van der Waals surface area contributed by atoms with Gasteiger partial charge in [0.15, 0.2) is 0 Å². The van der Waals surface area contributed by atoms with Crippen LogP contribution in [0.25, 0.3) is 0 Å². The Kier molecular flexibility index (Phi) is 6.48. The molecule has 196 valence electrons. The molecule has 2 unspecified atom stereocenters. The van der Waals surface area contributed by atoms with E-state index in [9.17, 15) is 20.1 Å².